The summed E-state index contributed by atoms with van der Waals surface area (Å²) in [6.45, 7) is 3.98. The molecular weight excluding hydrogens is 340 g/mol. The Morgan fingerprint density at radius 2 is 1.93 bits per heavy atom. The van der Waals surface area contributed by atoms with E-state index in [0.29, 0.717) is 13.2 Å². The van der Waals surface area contributed by atoms with Crippen LogP contribution in [0.15, 0.2) is 67.1 Å². The van der Waals surface area contributed by atoms with E-state index in [0.717, 1.165) is 29.2 Å². The molecule has 27 heavy (non-hydrogen) atoms. The molecule has 0 radical (unpaired) electrons. The van der Waals surface area contributed by atoms with Crippen molar-refractivity contribution in [2.75, 3.05) is 18.5 Å². The maximum absolute atomic E-state index is 13.1. The number of carbonyl (C=O) groups excluding carboxylic acids is 1. The van der Waals surface area contributed by atoms with Gasteiger partial charge in [0.05, 0.1) is 12.6 Å². The van der Waals surface area contributed by atoms with Crippen LogP contribution in [0.2, 0.25) is 0 Å². The second kappa shape index (κ2) is 7.53. The molecular formula is C21H22N4O2. The van der Waals surface area contributed by atoms with Crippen LogP contribution in [0, 0.1) is 0 Å². The molecule has 0 aliphatic carbocycles. The summed E-state index contributed by atoms with van der Waals surface area (Å²) in [7, 11) is 0. The number of hydrogen-bond donors (Lipinski definition) is 1. The summed E-state index contributed by atoms with van der Waals surface area (Å²) in [5.41, 5.74) is 2.90. The zero-order valence-electron chi connectivity index (χ0n) is 15.2. The van der Waals surface area contributed by atoms with Crippen LogP contribution in [-0.4, -0.2) is 33.6 Å². The molecule has 0 unspecified atom stereocenters. The van der Waals surface area contributed by atoms with Gasteiger partial charge >= 0.3 is 6.03 Å². The highest BCUT2D eigenvalue weighted by molar-refractivity contribution is 5.90. The number of aromatic nitrogens is 2. The molecule has 6 heteroatoms. The molecule has 3 heterocycles. The van der Waals surface area contributed by atoms with Gasteiger partial charge in [-0.25, -0.2) is 4.79 Å². The fourth-order valence-electron chi connectivity index (χ4n) is 3.50. The first-order valence-electron chi connectivity index (χ1n) is 9.11. The van der Waals surface area contributed by atoms with E-state index in [1.807, 2.05) is 54.3 Å². The molecule has 6 nitrogen and oxygen atoms in total. The van der Waals surface area contributed by atoms with Gasteiger partial charge in [0.1, 0.15) is 5.75 Å². The van der Waals surface area contributed by atoms with Gasteiger partial charge in [0, 0.05) is 43.1 Å². The van der Waals surface area contributed by atoms with Crippen molar-refractivity contribution in [1.29, 1.82) is 0 Å². The van der Waals surface area contributed by atoms with Gasteiger partial charge < -0.3 is 19.5 Å². The third-order valence-corrected chi connectivity index (χ3v) is 4.74. The van der Waals surface area contributed by atoms with Crippen molar-refractivity contribution >= 4 is 11.7 Å². The SMILES string of the molecule is CCOc1ccc(NC(=O)N2CCn3cccc3[C@H]2c2ccncc2)cc1. The van der Waals surface area contributed by atoms with Gasteiger partial charge in [0.15, 0.2) is 0 Å². The molecule has 1 aliphatic heterocycles. The molecule has 2 amide bonds. The molecule has 0 fully saturated rings. The van der Waals surface area contributed by atoms with Crippen LogP contribution in [0.1, 0.15) is 24.2 Å². The Labute approximate surface area is 158 Å². The van der Waals surface area contributed by atoms with Gasteiger partial charge in [-0.15, -0.1) is 0 Å². The highest BCUT2D eigenvalue weighted by atomic mass is 16.5. The van der Waals surface area contributed by atoms with Gasteiger partial charge in [-0.2, -0.15) is 0 Å². The number of fused-ring (bicyclic) bond motifs is 1. The first-order chi connectivity index (χ1) is 13.3. The monoisotopic (exact) mass is 362 g/mol. The normalized spacial score (nSPS) is 15.9. The zero-order chi connectivity index (χ0) is 18.6. The van der Waals surface area contributed by atoms with E-state index in [2.05, 4.69) is 27.1 Å². The lowest BCUT2D eigenvalue weighted by Gasteiger charge is -2.37. The van der Waals surface area contributed by atoms with Crippen LogP contribution < -0.4 is 10.1 Å². The Hall–Kier alpha value is -3.28. The first-order valence-corrected chi connectivity index (χ1v) is 9.11. The van der Waals surface area contributed by atoms with Crippen molar-refractivity contribution in [1.82, 2.24) is 14.5 Å². The number of nitrogens with zero attached hydrogens (tertiary/aromatic N) is 3. The molecule has 0 spiro atoms. The van der Waals surface area contributed by atoms with E-state index in [4.69, 9.17) is 4.74 Å². The van der Waals surface area contributed by atoms with E-state index in [1.165, 1.54) is 0 Å². The van der Waals surface area contributed by atoms with E-state index < -0.39 is 0 Å². The number of urea groups is 1. The molecule has 0 saturated carbocycles. The van der Waals surface area contributed by atoms with Crippen molar-refractivity contribution in [2.45, 2.75) is 19.5 Å². The number of nitrogens with one attached hydrogen (secondary N) is 1. The minimum atomic E-state index is -0.139. The summed E-state index contributed by atoms with van der Waals surface area (Å²) in [5, 5.41) is 3.01. The van der Waals surface area contributed by atoms with Crippen molar-refractivity contribution in [2.24, 2.45) is 0 Å². The van der Waals surface area contributed by atoms with Crippen LogP contribution in [0.25, 0.3) is 0 Å². The highest BCUT2D eigenvalue weighted by Crippen LogP contribution is 2.32. The van der Waals surface area contributed by atoms with E-state index in [1.54, 1.807) is 12.4 Å². The van der Waals surface area contributed by atoms with Crippen LogP contribution in [0.3, 0.4) is 0 Å². The Bertz CT molecular complexity index is 905. The average Bonchev–Trinajstić information content (AvgIpc) is 3.18. The molecule has 1 aromatic carbocycles. The molecule has 1 aliphatic rings. The number of amides is 2. The Morgan fingerprint density at radius 3 is 2.67 bits per heavy atom. The molecule has 3 aromatic rings. The molecule has 1 N–H and O–H groups in total. The summed E-state index contributed by atoms with van der Waals surface area (Å²) in [5.74, 6) is 0.793. The molecule has 1 atom stereocenters. The smallest absolute Gasteiger partial charge is 0.322 e. The maximum atomic E-state index is 13.1. The number of rotatable bonds is 4. The van der Waals surface area contributed by atoms with Gasteiger partial charge in [-0.3, -0.25) is 4.98 Å². The van der Waals surface area contributed by atoms with E-state index >= 15 is 0 Å². The topological polar surface area (TPSA) is 59.4 Å². The maximum Gasteiger partial charge on any atom is 0.322 e. The highest BCUT2D eigenvalue weighted by Gasteiger charge is 2.32. The zero-order valence-corrected chi connectivity index (χ0v) is 15.2. The molecule has 0 bridgehead atoms. The molecule has 4 rings (SSSR count). The molecule has 0 saturated heterocycles. The summed E-state index contributed by atoms with van der Waals surface area (Å²) in [6.07, 6.45) is 5.59. The Balaban J connectivity index is 1.58. The fourth-order valence-corrected chi connectivity index (χ4v) is 3.50. The van der Waals surface area contributed by atoms with Gasteiger partial charge in [0.2, 0.25) is 0 Å². The summed E-state index contributed by atoms with van der Waals surface area (Å²) < 4.78 is 7.66. The summed E-state index contributed by atoms with van der Waals surface area (Å²) in [6, 6.07) is 15.2. The number of pyridine rings is 1. The van der Waals surface area contributed by atoms with Crippen molar-refractivity contribution < 1.29 is 9.53 Å². The number of ether oxygens (including phenoxy) is 1. The number of carbonyl (C=O) groups is 1. The Kier molecular flexibility index (Phi) is 4.78. The number of benzene rings is 1. The molecule has 138 valence electrons. The predicted octanol–water partition coefficient (Wildman–Crippen LogP) is 3.92. The second-order valence-electron chi connectivity index (χ2n) is 6.39. The van der Waals surface area contributed by atoms with Gasteiger partial charge in [-0.1, -0.05) is 0 Å². The minimum Gasteiger partial charge on any atom is -0.494 e. The third kappa shape index (κ3) is 3.51. The number of anilines is 1. The quantitative estimate of drug-likeness (QED) is 0.765. The average molecular weight is 362 g/mol. The lowest BCUT2D eigenvalue weighted by Crippen LogP contribution is -2.44. The fraction of sp³-hybridized carbons (Fsp3) is 0.238. The minimum absolute atomic E-state index is 0.117. The van der Waals surface area contributed by atoms with Crippen molar-refractivity contribution in [3.8, 4) is 5.75 Å². The molecule has 2 aromatic heterocycles. The predicted molar refractivity (Wildman–Crippen MR) is 104 cm³/mol. The lowest BCUT2D eigenvalue weighted by molar-refractivity contribution is 0.182. The van der Waals surface area contributed by atoms with E-state index in [-0.39, 0.29) is 12.1 Å². The van der Waals surface area contributed by atoms with Crippen LogP contribution >= 0.6 is 0 Å². The van der Waals surface area contributed by atoms with Crippen LogP contribution in [0.5, 0.6) is 5.75 Å². The summed E-state index contributed by atoms with van der Waals surface area (Å²) >= 11 is 0. The summed E-state index contributed by atoms with van der Waals surface area (Å²) in [4.78, 5) is 19.0. The van der Waals surface area contributed by atoms with Crippen molar-refractivity contribution in [3.63, 3.8) is 0 Å². The standard InChI is InChI=1S/C21H22N4O2/c1-2-27-18-7-5-17(6-8-18)23-21(26)25-15-14-24-13-3-4-19(24)20(25)16-9-11-22-12-10-16/h3-13,20H,2,14-15H2,1H3,(H,23,26)/t20-/m1/s1. The van der Waals surface area contributed by atoms with Crippen LogP contribution in [0.4, 0.5) is 10.5 Å². The van der Waals surface area contributed by atoms with Gasteiger partial charge in [0.25, 0.3) is 0 Å². The van der Waals surface area contributed by atoms with Crippen molar-refractivity contribution in [3.05, 3.63) is 78.4 Å². The lowest BCUT2D eigenvalue weighted by atomic mass is 10.0. The largest absolute Gasteiger partial charge is 0.494 e. The Morgan fingerprint density at radius 1 is 1.15 bits per heavy atom. The van der Waals surface area contributed by atoms with Crippen LogP contribution in [-0.2, 0) is 6.54 Å². The van der Waals surface area contributed by atoms with Gasteiger partial charge in [-0.05, 0) is 61.0 Å². The number of hydrogen-bond acceptors (Lipinski definition) is 3. The second-order valence-corrected chi connectivity index (χ2v) is 6.39. The first kappa shape index (κ1) is 17.1. The van der Waals surface area contributed by atoms with E-state index in [9.17, 15) is 4.79 Å². The third-order valence-electron chi connectivity index (χ3n) is 4.74.